The molecule has 0 amide bonds. The molecule has 1 aromatic heterocycles. The fourth-order valence-electron chi connectivity index (χ4n) is 5.53. The lowest BCUT2D eigenvalue weighted by Crippen LogP contribution is -2.55. The van der Waals surface area contributed by atoms with E-state index in [-0.39, 0.29) is 0 Å². The molecule has 0 fully saturated rings. The molecule has 41 heavy (non-hydrogen) atoms. The lowest BCUT2D eigenvalue weighted by atomic mass is 9.73. The van der Waals surface area contributed by atoms with Gasteiger partial charge in [-0.2, -0.15) is 8.78 Å². The second-order valence-corrected chi connectivity index (χ2v) is 9.71. The second kappa shape index (κ2) is 10.6. The zero-order valence-electron chi connectivity index (χ0n) is 21.4. The quantitative estimate of drug-likeness (QED) is 0.103. The molecular formula is C30H22BF5N3O2+. The van der Waals surface area contributed by atoms with Crippen molar-refractivity contribution in [1.29, 1.82) is 0 Å². The number of hydrogen-bond acceptors (Lipinski definition) is 3. The number of fused-ring (bicyclic) bond motifs is 1. The number of halogens is 5. The maximum Gasteiger partial charge on any atom is 0.492 e. The van der Waals surface area contributed by atoms with E-state index in [1.54, 1.807) is 28.8 Å². The van der Waals surface area contributed by atoms with Crippen molar-refractivity contribution in [1.82, 2.24) is 9.78 Å². The van der Waals surface area contributed by atoms with Gasteiger partial charge in [-0.1, -0.05) is 95.7 Å². The lowest BCUT2D eigenvalue weighted by molar-refractivity contribution is -0.730. The van der Waals surface area contributed by atoms with Gasteiger partial charge in [-0.25, -0.2) is 17.7 Å². The SMILES string of the molecule is OB(OC(c1ccccc1)(c1ccccc1)[C@@H]1CCc2nn(-c3c(F)c(F)c(F)c(F)c3F)c[n+]21)c1ccccc1. The first-order valence-electron chi connectivity index (χ1n) is 12.9. The van der Waals surface area contributed by atoms with Crippen molar-refractivity contribution in [2.75, 3.05) is 0 Å². The maximum absolute atomic E-state index is 14.7. The summed E-state index contributed by atoms with van der Waals surface area (Å²) in [7, 11) is -1.38. The fourth-order valence-corrected chi connectivity index (χ4v) is 5.53. The van der Waals surface area contributed by atoms with Crippen molar-refractivity contribution < 1.29 is 36.2 Å². The van der Waals surface area contributed by atoms with Crippen LogP contribution in [-0.2, 0) is 16.7 Å². The first kappa shape index (κ1) is 26.9. The van der Waals surface area contributed by atoms with Gasteiger partial charge in [-0.05, 0) is 23.0 Å². The summed E-state index contributed by atoms with van der Waals surface area (Å²) in [6, 6.07) is 26.5. The molecule has 0 saturated heterocycles. The van der Waals surface area contributed by atoms with Crippen molar-refractivity contribution in [2.24, 2.45) is 0 Å². The Bertz CT molecular complexity index is 1640. The molecule has 0 bridgehead atoms. The van der Waals surface area contributed by atoms with Gasteiger partial charge < -0.3 is 9.68 Å². The third-order valence-electron chi connectivity index (χ3n) is 7.40. The van der Waals surface area contributed by atoms with E-state index < -0.39 is 53.5 Å². The minimum atomic E-state index is -2.25. The molecule has 0 unspecified atom stereocenters. The molecular weight excluding hydrogens is 540 g/mol. The number of nitrogens with zero attached hydrogens (tertiary/aromatic N) is 3. The molecule has 6 rings (SSSR count). The van der Waals surface area contributed by atoms with Crippen LogP contribution in [-0.4, -0.2) is 21.9 Å². The molecule has 11 heteroatoms. The van der Waals surface area contributed by atoms with Crippen molar-refractivity contribution >= 4 is 12.6 Å². The number of rotatable bonds is 7. The Hall–Kier alpha value is -4.35. The molecule has 4 aromatic carbocycles. The minimum Gasteiger partial charge on any atom is -0.423 e. The van der Waals surface area contributed by atoms with E-state index in [1.165, 1.54) is 6.33 Å². The smallest absolute Gasteiger partial charge is 0.423 e. The highest BCUT2D eigenvalue weighted by Crippen LogP contribution is 2.45. The second-order valence-electron chi connectivity index (χ2n) is 9.71. The highest BCUT2D eigenvalue weighted by molar-refractivity contribution is 6.60. The Kier molecular flexibility index (Phi) is 6.92. The van der Waals surface area contributed by atoms with Crippen molar-refractivity contribution in [3.8, 4) is 5.69 Å². The number of aryl methyl sites for hydroxylation is 1. The van der Waals surface area contributed by atoms with Crippen molar-refractivity contribution in [3.63, 3.8) is 0 Å². The predicted molar refractivity (Wildman–Crippen MR) is 140 cm³/mol. The van der Waals surface area contributed by atoms with Crippen LogP contribution in [0.15, 0.2) is 97.3 Å². The van der Waals surface area contributed by atoms with Crippen LogP contribution in [0.25, 0.3) is 5.69 Å². The topological polar surface area (TPSA) is 51.2 Å². The molecule has 5 aromatic rings. The Balaban J connectivity index is 1.55. The molecule has 0 aliphatic carbocycles. The first-order chi connectivity index (χ1) is 19.8. The summed E-state index contributed by atoms with van der Waals surface area (Å²) in [6.07, 6.45) is 1.94. The van der Waals surface area contributed by atoms with Crippen LogP contribution in [0.4, 0.5) is 22.0 Å². The Morgan fingerprint density at radius 1 is 0.756 bits per heavy atom. The summed E-state index contributed by atoms with van der Waals surface area (Å²) in [5.74, 6) is -10.0. The Morgan fingerprint density at radius 2 is 1.24 bits per heavy atom. The third-order valence-corrected chi connectivity index (χ3v) is 7.40. The molecule has 1 atom stereocenters. The van der Waals surface area contributed by atoms with Crippen molar-refractivity contribution in [3.05, 3.63) is 143 Å². The van der Waals surface area contributed by atoms with Crippen LogP contribution in [0.5, 0.6) is 0 Å². The fraction of sp³-hybridized carbons (Fsp3) is 0.133. The molecule has 5 nitrogen and oxygen atoms in total. The Labute approximate surface area is 232 Å². The molecule has 0 saturated carbocycles. The number of aromatic nitrogens is 3. The molecule has 2 heterocycles. The average Bonchev–Trinajstić information content (AvgIpc) is 3.60. The molecule has 1 aliphatic rings. The summed E-state index contributed by atoms with van der Waals surface area (Å²) >= 11 is 0. The molecule has 0 spiro atoms. The van der Waals surface area contributed by atoms with Gasteiger partial charge in [-0.3, -0.25) is 0 Å². The molecule has 1 aliphatic heterocycles. The summed E-state index contributed by atoms with van der Waals surface area (Å²) in [5, 5.41) is 15.6. The van der Waals surface area contributed by atoms with Crippen LogP contribution in [0.1, 0.15) is 29.4 Å². The van der Waals surface area contributed by atoms with Gasteiger partial charge in [0.2, 0.25) is 41.1 Å². The van der Waals surface area contributed by atoms with E-state index >= 15 is 0 Å². The average molecular weight is 562 g/mol. The van der Waals surface area contributed by atoms with Crippen LogP contribution >= 0.6 is 0 Å². The zero-order valence-corrected chi connectivity index (χ0v) is 21.4. The highest BCUT2D eigenvalue weighted by Gasteiger charge is 2.52. The zero-order chi connectivity index (χ0) is 28.7. The van der Waals surface area contributed by atoms with E-state index in [2.05, 4.69) is 5.10 Å². The third kappa shape index (κ3) is 4.41. The van der Waals surface area contributed by atoms with Crippen LogP contribution in [0.3, 0.4) is 0 Å². The minimum absolute atomic E-state index is 0.305. The molecule has 206 valence electrons. The Morgan fingerprint density at radius 3 is 1.78 bits per heavy atom. The summed E-state index contributed by atoms with van der Waals surface area (Å²) in [4.78, 5) is 0. The van der Waals surface area contributed by atoms with E-state index in [4.69, 9.17) is 4.65 Å². The first-order valence-corrected chi connectivity index (χ1v) is 12.9. The lowest BCUT2D eigenvalue weighted by Gasteiger charge is -2.40. The normalized spacial score (nSPS) is 14.7. The van der Waals surface area contributed by atoms with Gasteiger partial charge in [0.15, 0.2) is 0 Å². The number of hydrogen-bond donors (Lipinski definition) is 1. The van der Waals surface area contributed by atoms with Gasteiger partial charge >= 0.3 is 7.12 Å². The van der Waals surface area contributed by atoms with Crippen LogP contribution in [0.2, 0.25) is 0 Å². The molecule has 0 radical (unpaired) electrons. The standard InChI is InChI=1S/C30H22BF5N3O2/c32-24-25(33)27(35)29(28(36)26(24)34)39-18-38-22(16-17-23(38)37-39)30(19-10-4-1-5-11-19,20-12-6-2-7-13-20)41-31(40)21-14-8-3-9-15-21/h1-15,18,22,40H,16-17H2/q+1/t22-/m0/s1. The molecule has 1 N–H and O–H groups in total. The van der Waals surface area contributed by atoms with E-state index in [1.807, 2.05) is 66.7 Å². The highest BCUT2D eigenvalue weighted by atomic mass is 19.2. The van der Waals surface area contributed by atoms with Gasteiger partial charge in [0.1, 0.15) is 11.6 Å². The van der Waals surface area contributed by atoms with E-state index in [9.17, 15) is 27.0 Å². The monoisotopic (exact) mass is 562 g/mol. The van der Waals surface area contributed by atoms with Gasteiger partial charge in [0.05, 0.1) is 0 Å². The number of benzene rings is 4. The van der Waals surface area contributed by atoms with Crippen LogP contribution < -0.4 is 10.0 Å². The van der Waals surface area contributed by atoms with E-state index in [0.717, 1.165) is 0 Å². The van der Waals surface area contributed by atoms with Crippen molar-refractivity contribution in [2.45, 2.75) is 24.5 Å². The van der Waals surface area contributed by atoms with Gasteiger partial charge in [0, 0.05) is 11.5 Å². The van der Waals surface area contributed by atoms with Crippen LogP contribution in [0, 0.1) is 29.1 Å². The van der Waals surface area contributed by atoms with Gasteiger partial charge in [-0.15, -0.1) is 0 Å². The maximum atomic E-state index is 14.7. The predicted octanol–water partition coefficient (Wildman–Crippen LogP) is 4.69. The van der Waals surface area contributed by atoms with Gasteiger partial charge in [0.25, 0.3) is 5.82 Å². The summed E-state index contributed by atoms with van der Waals surface area (Å²) in [6.45, 7) is 0. The summed E-state index contributed by atoms with van der Waals surface area (Å²) < 4.78 is 80.2. The summed E-state index contributed by atoms with van der Waals surface area (Å²) in [5.41, 5.74) is -0.690. The largest absolute Gasteiger partial charge is 0.492 e. The van der Waals surface area contributed by atoms with E-state index in [0.29, 0.717) is 39.9 Å².